The van der Waals surface area contributed by atoms with Gasteiger partial charge in [-0.2, -0.15) is 0 Å². The van der Waals surface area contributed by atoms with Crippen LogP contribution in [0.3, 0.4) is 0 Å². The van der Waals surface area contributed by atoms with Crippen LogP contribution in [0.5, 0.6) is 0 Å². The van der Waals surface area contributed by atoms with E-state index in [0.29, 0.717) is 12.8 Å². The molecular formula is C32H62O5. The van der Waals surface area contributed by atoms with Crippen LogP contribution in [-0.4, -0.2) is 36.4 Å². The van der Waals surface area contributed by atoms with Gasteiger partial charge < -0.3 is 14.6 Å². The van der Waals surface area contributed by atoms with Crippen molar-refractivity contribution in [2.24, 2.45) is 5.92 Å². The molecule has 0 aromatic heterocycles. The van der Waals surface area contributed by atoms with Crippen LogP contribution < -0.4 is 0 Å². The Morgan fingerprint density at radius 1 is 0.622 bits per heavy atom. The monoisotopic (exact) mass is 526 g/mol. The standard InChI is InChI=1S/C32H62O5/c1-4-6-7-8-9-10-11-12-16-19-22-25-31(34)36-28-30(27-33)37-32(35)26-23-20-17-14-13-15-18-21-24-29(3)5-2/h29-30,33H,4-28H2,1-3H3/t29?,30-/m0/s1. The summed E-state index contributed by atoms with van der Waals surface area (Å²) in [6.45, 7) is 6.46. The minimum absolute atomic E-state index is 0.0594. The summed E-state index contributed by atoms with van der Waals surface area (Å²) >= 11 is 0. The van der Waals surface area contributed by atoms with Crippen molar-refractivity contribution in [3.63, 3.8) is 0 Å². The largest absolute Gasteiger partial charge is 0.462 e. The van der Waals surface area contributed by atoms with E-state index in [4.69, 9.17) is 9.47 Å². The zero-order chi connectivity index (χ0) is 27.4. The molecule has 5 nitrogen and oxygen atoms in total. The third-order valence-electron chi connectivity index (χ3n) is 7.44. The number of aliphatic hydroxyl groups is 1. The van der Waals surface area contributed by atoms with E-state index >= 15 is 0 Å². The fraction of sp³-hybridized carbons (Fsp3) is 0.938. The van der Waals surface area contributed by atoms with Crippen molar-refractivity contribution in [1.82, 2.24) is 0 Å². The smallest absolute Gasteiger partial charge is 0.306 e. The maximum Gasteiger partial charge on any atom is 0.306 e. The summed E-state index contributed by atoms with van der Waals surface area (Å²) in [7, 11) is 0. The van der Waals surface area contributed by atoms with Crippen LogP contribution in [0.25, 0.3) is 0 Å². The van der Waals surface area contributed by atoms with Gasteiger partial charge >= 0.3 is 11.9 Å². The van der Waals surface area contributed by atoms with Gasteiger partial charge in [-0.1, -0.05) is 143 Å². The first-order chi connectivity index (χ1) is 18.0. The third kappa shape index (κ3) is 26.3. The van der Waals surface area contributed by atoms with E-state index < -0.39 is 6.10 Å². The van der Waals surface area contributed by atoms with E-state index in [2.05, 4.69) is 20.8 Å². The van der Waals surface area contributed by atoms with Crippen molar-refractivity contribution in [1.29, 1.82) is 0 Å². The van der Waals surface area contributed by atoms with Gasteiger partial charge in [0.05, 0.1) is 6.61 Å². The highest BCUT2D eigenvalue weighted by Crippen LogP contribution is 2.15. The first-order valence-corrected chi connectivity index (χ1v) is 16.0. The summed E-state index contributed by atoms with van der Waals surface area (Å²) in [5, 5.41) is 9.47. The Morgan fingerprint density at radius 2 is 1.05 bits per heavy atom. The summed E-state index contributed by atoms with van der Waals surface area (Å²) in [6.07, 6.45) is 25.8. The van der Waals surface area contributed by atoms with Crippen molar-refractivity contribution in [2.45, 2.75) is 175 Å². The Morgan fingerprint density at radius 3 is 1.51 bits per heavy atom. The first kappa shape index (κ1) is 35.9. The van der Waals surface area contributed by atoms with E-state index in [1.54, 1.807) is 0 Å². The van der Waals surface area contributed by atoms with Crippen LogP contribution in [0.15, 0.2) is 0 Å². The van der Waals surface area contributed by atoms with Crippen LogP contribution in [-0.2, 0) is 19.1 Å². The average molecular weight is 527 g/mol. The highest BCUT2D eigenvalue weighted by molar-refractivity contribution is 5.70. The molecule has 5 heteroatoms. The molecule has 0 rings (SSSR count). The molecule has 0 fully saturated rings. The maximum absolute atomic E-state index is 12.1. The molecule has 0 radical (unpaired) electrons. The van der Waals surface area contributed by atoms with Crippen molar-refractivity contribution in [3.05, 3.63) is 0 Å². The second kappa shape index (κ2) is 27.9. The molecule has 1 N–H and O–H groups in total. The average Bonchev–Trinajstić information content (AvgIpc) is 2.90. The molecule has 0 saturated carbocycles. The molecule has 0 spiro atoms. The van der Waals surface area contributed by atoms with E-state index in [9.17, 15) is 14.7 Å². The van der Waals surface area contributed by atoms with Gasteiger partial charge in [0, 0.05) is 12.8 Å². The molecule has 0 aromatic carbocycles. The summed E-state index contributed by atoms with van der Waals surface area (Å²) in [4.78, 5) is 24.0. The topological polar surface area (TPSA) is 72.8 Å². The summed E-state index contributed by atoms with van der Waals surface area (Å²) in [6, 6.07) is 0. The summed E-state index contributed by atoms with van der Waals surface area (Å²) in [5.41, 5.74) is 0. The first-order valence-electron chi connectivity index (χ1n) is 16.0. The molecule has 0 aliphatic carbocycles. The molecule has 37 heavy (non-hydrogen) atoms. The van der Waals surface area contributed by atoms with Gasteiger partial charge in [-0.25, -0.2) is 0 Å². The highest BCUT2D eigenvalue weighted by Gasteiger charge is 2.16. The number of hydrogen-bond donors (Lipinski definition) is 1. The number of ether oxygens (including phenoxy) is 2. The lowest BCUT2D eigenvalue weighted by Crippen LogP contribution is -2.28. The summed E-state index contributed by atoms with van der Waals surface area (Å²) < 4.78 is 10.5. The van der Waals surface area contributed by atoms with E-state index in [-0.39, 0.29) is 25.2 Å². The third-order valence-corrected chi connectivity index (χ3v) is 7.44. The number of unbranched alkanes of at least 4 members (excludes halogenated alkanes) is 17. The van der Waals surface area contributed by atoms with Gasteiger partial charge in [-0.15, -0.1) is 0 Å². The predicted molar refractivity (Wildman–Crippen MR) is 155 cm³/mol. The van der Waals surface area contributed by atoms with E-state index in [1.165, 1.54) is 96.3 Å². The van der Waals surface area contributed by atoms with Gasteiger partial charge in [0.1, 0.15) is 6.61 Å². The van der Waals surface area contributed by atoms with Crippen molar-refractivity contribution in [2.75, 3.05) is 13.2 Å². The van der Waals surface area contributed by atoms with Gasteiger partial charge in [-0.3, -0.25) is 9.59 Å². The van der Waals surface area contributed by atoms with Crippen LogP contribution in [0, 0.1) is 5.92 Å². The minimum Gasteiger partial charge on any atom is -0.462 e. The lowest BCUT2D eigenvalue weighted by atomic mass is 9.99. The fourth-order valence-electron chi connectivity index (χ4n) is 4.59. The molecule has 1 unspecified atom stereocenters. The maximum atomic E-state index is 12.1. The predicted octanol–water partition coefficient (Wildman–Crippen LogP) is 9.08. The molecule has 0 bridgehead atoms. The SMILES string of the molecule is CCCCCCCCCCCCCC(=O)OC[C@H](CO)OC(=O)CCCCCCCCCCC(C)CC. The van der Waals surface area contributed by atoms with Gasteiger partial charge in [0.25, 0.3) is 0 Å². The molecule has 0 saturated heterocycles. The number of carbonyl (C=O) groups is 2. The minimum atomic E-state index is -0.760. The Balaban J connectivity index is 3.58. The Labute approximate surface area is 229 Å². The summed E-state index contributed by atoms with van der Waals surface area (Å²) in [5.74, 6) is 0.271. The second-order valence-corrected chi connectivity index (χ2v) is 11.1. The molecule has 0 amide bonds. The number of aliphatic hydroxyl groups excluding tert-OH is 1. The molecular weight excluding hydrogens is 464 g/mol. The fourth-order valence-corrected chi connectivity index (χ4v) is 4.59. The zero-order valence-electron chi connectivity index (χ0n) is 24.9. The quantitative estimate of drug-likeness (QED) is 0.0813. The second-order valence-electron chi connectivity index (χ2n) is 11.1. The Bertz CT molecular complexity index is 507. The van der Waals surface area contributed by atoms with E-state index in [0.717, 1.165) is 44.4 Å². The van der Waals surface area contributed by atoms with Crippen LogP contribution in [0.1, 0.15) is 168 Å². The number of rotatable bonds is 28. The highest BCUT2D eigenvalue weighted by atomic mass is 16.6. The van der Waals surface area contributed by atoms with Crippen LogP contribution >= 0.6 is 0 Å². The van der Waals surface area contributed by atoms with Gasteiger partial charge in [0.2, 0.25) is 0 Å². The van der Waals surface area contributed by atoms with Crippen molar-refractivity contribution >= 4 is 11.9 Å². The lowest BCUT2D eigenvalue weighted by Gasteiger charge is -2.15. The molecule has 0 aliphatic rings. The number of esters is 2. The number of carbonyl (C=O) groups excluding carboxylic acids is 2. The molecule has 220 valence electrons. The zero-order valence-corrected chi connectivity index (χ0v) is 24.9. The van der Waals surface area contributed by atoms with Crippen molar-refractivity contribution < 1.29 is 24.2 Å². The van der Waals surface area contributed by atoms with Gasteiger partial charge in [0.15, 0.2) is 6.10 Å². The molecule has 0 aliphatic heterocycles. The lowest BCUT2D eigenvalue weighted by molar-refractivity contribution is -0.161. The van der Waals surface area contributed by atoms with E-state index in [1.807, 2.05) is 0 Å². The van der Waals surface area contributed by atoms with Crippen molar-refractivity contribution in [3.8, 4) is 0 Å². The molecule has 0 heterocycles. The van der Waals surface area contributed by atoms with Crippen LogP contribution in [0.4, 0.5) is 0 Å². The molecule has 0 aromatic rings. The molecule has 2 atom stereocenters. The normalized spacial score (nSPS) is 12.9. The van der Waals surface area contributed by atoms with Gasteiger partial charge in [-0.05, 0) is 18.8 Å². The van der Waals surface area contributed by atoms with Crippen LogP contribution in [0.2, 0.25) is 0 Å². The Kier molecular flexibility index (Phi) is 27.1. The number of hydrogen-bond acceptors (Lipinski definition) is 5. The Hall–Kier alpha value is -1.10.